The molecule has 1 aromatic heterocycles. The summed E-state index contributed by atoms with van der Waals surface area (Å²) < 4.78 is 12.2. The fourth-order valence-corrected chi connectivity index (χ4v) is 1.60. The molecule has 2 unspecified atom stereocenters. The fourth-order valence-electron chi connectivity index (χ4n) is 1.60. The van der Waals surface area contributed by atoms with Crippen molar-refractivity contribution in [2.24, 2.45) is 0 Å². The Balaban J connectivity index is 2.32. The lowest BCUT2D eigenvalue weighted by Crippen LogP contribution is -2.34. The Labute approximate surface area is 91.8 Å². The molecule has 2 rings (SSSR count). The van der Waals surface area contributed by atoms with Crippen LogP contribution in [0.15, 0.2) is 15.8 Å². The van der Waals surface area contributed by atoms with Gasteiger partial charge in [-0.3, -0.25) is 14.3 Å². The number of hydrogen-bond donors (Lipinski definition) is 1. The maximum absolute atomic E-state index is 11.5. The van der Waals surface area contributed by atoms with E-state index < -0.39 is 11.9 Å². The molecule has 2 atom stereocenters. The van der Waals surface area contributed by atoms with Crippen LogP contribution in [-0.2, 0) is 9.47 Å². The highest BCUT2D eigenvalue weighted by atomic mass is 16.7. The third-order valence-electron chi connectivity index (χ3n) is 2.52. The van der Waals surface area contributed by atoms with Crippen molar-refractivity contribution in [2.45, 2.75) is 32.8 Å². The van der Waals surface area contributed by atoms with Crippen molar-refractivity contribution in [2.75, 3.05) is 6.61 Å². The number of ether oxygens (including phenoxy) is 2. The molecule has 0 radical (unpaired) electrons. The van der Waals surface area contributed by atoms with E-state index in [4.69, 9.17) is 9.47 Å². The maximum atomic E-state index is 11.5. The lowest BCUT2D eigenvalue weighted by atomic mass is 10.4. The van der Waals surface area contributed by atoms with E-state index in [-0.39, 0.29) is 11.8 Å². The Morgan fingerprint density at radius 3 is 2.94 bits per heavy atom. The van der Waals surface area contributed by atoms with Crippen LogP contribution in [0, 0.1) is 6.92 Å². The predicted octanol–water partition coefficient (Wildman–Crippen LogP) is 0.127. The van der Waals surface area contributed by atoms with Crippen LogP contribution in [0.2, 0.25) is 0 Å². The van der Waals surface area contributed by atoms with Crippen molar-refractivity contribution in [3.8, 4) is 0 Å². The molecule has 6 nitrogen and oxygen atoms in total. The third-order valence-corrected chi connectivity index (χ3v) is 2.52. The maximum Gasteiger partial charge on any atom is 0.330 e. The van der Waals surface area contributed by atoms with Gasteiger partial charge in [0, 0.05) is 11.8 Å². The largest absolute Gasteiger partial charge is 0.348 e. The number of H-pyrrole nitrogens is 1. The second kappa shape index (κ2) is 4.23. The number of aromatic amines is 1. The monoisotopic (exact) mass is 226 g/mol. The average molecular weight is 226 g/mol. The summed E-state index contributed by atoms with van der Waals surface area (Å²) in [5, 5.41) is 0. The van der Waals surface area contributed by atoms with Gasteiger partial charge in [-0.1, -0.05) is 6.92 Å². The zero-order valence-electron chi connectivity index (χ0n) is 9.23. The van der Waals surface area contributed by atoms with Gasteiger partial charge in [0.25, 0.3) is 5.56 Å². The van der Waals surface area contributed by atoms with Crippen LogP contribution < -0.4 is 11.2 Å². The summed E-state index contributed by atoms with van der Waals surface area (Å²) in [6.07, 6.45) is 1.50. The standard InChI is InChI=1S/C10H14N2O4/c1-3-8-15-5-7(16-8)12-4-6(2)9(13)11-10(12)14/h4,7-8H,3,5H2,1-2H3,(H,11,13,14). The molecule has 0 aromatic carbocycles. The molecule has 88 valence electrons. The van der Waals surface area contributed by atoms with E-state index in [1.54, 1.807) is 6.92 Å². The number of rotatable bonds is 2. The van der Waals surface area contributed by atoms with Crippen LogP contribution >= 0.6 is 0 Å². The summed E-state index contributed by atoms with van der Waals surface area (Å²) in [5.41, 5.74) is -0.365. The minimum atomic E-state index is -0.471. The van der Waals surface area contributed by atoms with Gasteiger partial charge in [0.1, 0.15) is 0 Å². The number of aromatic nitrogens is 2. The molecule has 2 heterocycles. The minimum Gasteiger partial charge on any atom is -0.348 e. The molecule has 1 saturated heterocycles. The van der Waals surface area contributed by atoms with Gasteiger partial charge in [0.2, 0.25) is 0 Å². The van der Waals surface area contributed by atoms with Crippen LogP contribution in [-0.4, -0.2) is 22.4 Å². The molecule has 0 amide bonds. The molecule has 0 bridgehead atoms. The summed E-state index contributed by atoms with van der Waals surface area (Å²) in [6.45, 7) is 3.90. The Morgan fingerprint density at radius 1 is 1.56 bits per heavy atom. The van der Waals surface area contributed by atoms with E-state index >= 15 is 0 Å². The molecule has 1 N–H and O–H groups in total. The molecular weight excluding hydrogens is 212 g/mol. The number of nitrogens with one attached hydrogen (secondary N) is 1. The van der Waals surface area contributed by atoms with Crippen molar-refractivity contribution in [3.05, 3.63) is 32.6 Å². The van der Waals surface area contributed by atoms with Gasteiger partial charge in [-0.25, -0.2) is 4.79 Å². The molecule has 1 fully saturated rings. The molecule has 1 aromatic rings. The van der Waals surface area contributed by atoms with Crippen molar-refractivity contribution in [3.63, 3.8) is 0 Å². The summed E-state index contributed by atoms with van der Waals surface area (Å²) in [7, 11) is 0. The number of nitrogens with zero attached hydrogens (tertiary/aromatic N) is 1. The minimum absolute atomic E-state index is 0.274. The molecule has 0 aliphatic carbocycles. The first-order valence-electron chi connectivity index (χ1n) is 5.21. The zero-order chi connectivity index (χ0) is 11.7. The van der Waals surface area contributed by atoms with Crippen molar-refractivity contribution >= 4 is 0 Å². The lowest BCUT2D eigenvalue weighted by Gasteiger charge is -2.12. The first-order valence-corrected chi connectivity index (χ1v) is 5.21. The van der Waals surface area contributed by atoms with Crippen LogP contribution in [0.4, 0.5) is 0 Å². The van der Waals surface area contributed by atoms with Crippen LogP contribution in [0.3, 0.4) is 0 Å². The van der Waals surface area contributed by atoms with Gasteiger partial charge in [0.05, 0.1) is 6.61 Å². The normalized spacial score (nSPS) is 24.9. The van der Waals surface area contributed by atoms with Crippen molar-refractivity contribution in [1.29, 1.82) is 0 Å². The Kier molecular flexibility index (Phi) is 2.93. The van der Waals surface area contributed by atoms with Gasteiger partial charge >= 0.3 is 5.69 Å². The van der Waals surface area contributed by atoms with E-state index in [0.29, 0.717) is 12.2 Å². The molecule has 1 aliphatic rings. The third kappa shape index (κ3) is 1.94. The summed E-state index contributed by atoms with van der Waals surface area (Å²) in [5.74, 6) is 0. The smallest absolute Gasteiger partial charge is 0.330 e. The van der Waals surface area contributed by atoms with E-state index in [2.05, 4.69) is 4.98 Å². The van der Waals surface area contributed by atoms with E-state index in [0.717, 1.165) is 6.42 Å². The Morgan fingerprint density at radius 2 is 2.31 bits per heavy atom. The molecular formula is C10H14N2O4. The highest BCUT2D eigenvalue weighted by Crippen LogP contribution is 2.20. The summed E-state index contributed by atoms with van der Waals surface area (Å²) >= 11 is 0. The first-order chi connectivity index (χ1) is 7.61. The van der Waals surface area contributed by atoms with E-state index in [9.17, 15) is 9.59 Å². The zero-order valence-corrected chi connectivity index (χ0v) is 9.23. The second-order valence-electron chi connectivity index (χ2n) is 3.74. The Bertz CT molecular complexity index is 490. The van der Waals surface area contributed by atoms with Gasteiger partial charge < -0.3 is 9.47 Å². The second-order valence-corrected chi connectivity index (χ2v) is 3.74. The van der Waals surface area contributed by atoms with Crippen molar-refractivity contribution in [1.82, 2.24) is 9.55 Å². The van der Waals surface area contributed by atoms with Crippen LogP contribution in [0.5, 0.6) is 0 Å². The topological polar surface area (TPSA) is 73.3 Å². The number of aryl methyl sites for hydroxylation is 1. The molecule has 6 heteroatoms. The molecule has 1 aliphatic heterocycles. The fraction of sp³-hybridized carbons (Fsp3) is 0.600. The summed E-state index contributed by atoms with van der Waals surface area (Å²) in [4.78, 5) is 25.0. The molecule has 0 spiro atoms. The van der Waals surface area contributed by atoms with E-state index in [1.165, 1.54) is 10.8 Å². The Hall–Kier alpha value is -1.40. The van der Waals surface area contributed by atoms with Gasteiger partial charge in [-0.2, -0.15) is 0 Å². The van der Waals surface area contributed by atoms with Crippen molar-refractivity contribution < 1.29 is 9.47 Å². The SMILES string of the molecule is CCC1OCC(n2cc(C)c(=O)[nH]c2=O)O1. The van der Waals surface area contributed by atoms with Gasteiger partial charge in [0.15, 0.2) is 12.5 Å². The molecule has 0 saturated carbocycles. The highest BCUT2D eigenvalue weighted by molar-refractivity contribution is 5.01. The molecule has 16 heavy (non-hydrogen) atoms. The first kappa shape index (κ1) is 11.1. The summed E-state index contributed by atoms with van der Waals surface area (Å²) in [6, 6.07) is 0. The average Bonchev–Trinajstić information content (AvgIpc) is 2.71. The van der Waals surface area contributed by atoms with Gasteiger partial charge in [-0.05, 0) is 13.3 Å². The quantitative estimate of drug-likeness (QED) is 0.777. The highest BCUT2D eigenvalue weighted by Gasteiger charge is 2.26. The van der Waals surface area contributed by atoms with E-state index in [1.807, 2.05) is 6.92 Å². The van der Waals surface area contributed by atoms with Crippen LogP contribution in [0.1, 0.15) is 25.1 Å². The lowest BCUT2D eigenvalue weighted by molar-refractivity contribution is -0.0731. The predicted molar refractivity (Wildman–Crippen MR) is 56.2 cm³/mol. The van der Waals surface area contributed by atoms with Crippen LogP contribution in [0.25, 0.3) is 0 Å². The number of hydrogen-bond acceptors (Lipinski definition) is 4. The van der Waals surface area contributed by atoms with Gasteiger partial charge in [-0.15, -0.1) is 0 Å².